The predicted octanol–water partition coefficient (Wildman–Crippen LogP) is 4.30. The quantitative estimate of drug-likeness (QED) is 0.779. The van der Waals surface area contributed by atoms with Crippen LogP contribution in [0.2, 0.25) is 0 Å². The monoisotopic (exact) mass is 319 g/mol. The summed E-state index contributed by atoms with van der Waals surface area (Å²) < 4.78 is 1.85. The number of aromatic nitrogens is 2. The Balaban J connectivity index is 1.87. The molecule has 1 amide bonds. The molecule has 1 aromatic heterocycles. The Morgan fingerprint density at radius 2 is 1.71 bits per heavy atom. The van der Waals surface area contributed by atoms with E-state index in [9.17, 15) is 4.79 Å². The SMILES string of the molecule is CCc1ccc(C(=O)Nc2c(C)nn(-c3ccccc3)c2C)cc1. The van der Waals surface area contributed by atoms with Crippen LogP contribution in [0, 0.1) is 13.8 Å². The van der Waals surface area contributed by atoms with Gasteiger partial charge in [-0.3, -0.25) is 4.79 Å². The van der Waals surface area contributed by atoms with Crippen LogP contribution in [-0.2, 0) is 6.42 Å². The lowest BCUT2D eigenvalue weighted by Crippen LogP contribution is -2.13. The van der Waals surface area contributed by atoms with Crippen molar-refractivity contribution in [3.63, 3.8) is 0 Å². The molecular weight excluding hydrogens is 298 g/mol. The maximum absolute atomic E-state index is 12.5. The minimum Gasteiger partial charge on any atom is -0.319 e. The Morgan fingerprint density at radius 3 is 2.33 bits per heavy atom. The highest BCUT2D eigenvalue weighted by Gasteiger charge is 2.16. The van der Waals surface area contributed by atoms with Crippen LogP contribution >= 0.6 is 0 Å². The van der Waals surface area contributed by atoms with Gasteiger partial charge in [-0.05, 0) is 50.1 Å². The van der Waals surface area contributed by atoms with E-state index in [0.29, 0.717) is 5.56 Å². The molecule has 0 radical (unpaired) electrons. The van der Waals surface area contributed by atoms with Gasteiger partial charge in [0.15, 0.2) is 0 Å². The average molecular weight is 319 g/mol. The van der Waals surface area contributed by atoms with Crippen molar-refractivity contribution >= 4 is 11.6 Å². The molecule has 3 aromatic rings. The first kappa shape index (κ1) is 16.0. The number of carbonyl (C=O) groups is 1. The molecule has 3 rings (SSSR count). The molecule has 122 valence electrons. The maximum Gasteiger partial charge on any atom is 0.255 e. The smallest absolute Gasteiger partial charge is 0.255 e. The summed E-state index contributed by atoms with van der Waals surface area (Å²) >= 11 is 0. The van der Waals surface area contributed by atoms with Gasteiger partial charge in [0.05, 0.1) is 22.8 Å². The van der Waals surface area contributed by atoms with Crippen molar-refractivity contribution in [1.29, 1.82) is 0 Å². The molecule has 0 spiro atoms. The molecule has 0 bridgehead atoms. The van der Waals surface area contributed by atoms with Crippen LogP contribution in [0.15, 0.2) is 54.6 Å². The third-order valence-corrected chi connectivity index (χ3v) is 4.15. The first-order valence-corrected chi connectivity index (χ1v) is 8.12. The molecule has 0 saturated carbocycles. The molecule has 0 aliphatic heterocycles. The number of anilines is 1. The van der Waals surface area contributed by atoms with E-state index in [1.54, 1.807) is 0 Å². The summed E-state index contributed by atoms with van der Waals surface area (Å²) in [4.78, 5) is 12.5. The second-order valence-electron chi connectivity index (χ2n) is 5.80. The third kappa shape index (κ3) is 3.08. The summed E-state index contributed by atoms with van der Waals surface area (Å²) in [6, 6.07) is 17.6. The Morgan fingerprint density at radius 1 is 1.04 bits per heavy atom. The van der Waals surface area contributed by atoms with Crippen molar-refractivity contribution in [3.05, 3.63) is 77.1 Å². The highest BCUT2D eigenvalue weighted by atomic mass is 16.1. The summed E-state index contributed by atoms with van der Waals surface area (Å²) in [5.41, 5.74) is 5.33. The van der Waals surface area contributed by atoms with E-state index < -0.39 is 0 Å². The first-order valence-electron chi connectivity index (χ1n) is 8.12. The van der Waals surface area contributed by atoms with E-state index in [-0.39, 0.29) is 5.91 Å². The van der Waals surface area contributed by atoms with Gasteiger partial charge in [-0.25, -0.2) is 4.68 Å². The van der Waals surface area contributed by atoms with E-state index in [2.05, 4.69) is 17.3 Å². The van der Waals surface area contributed by atoms with E-state index in [0.717, 1.165) is 29.2 Å². The van der Waals surface area contributed by atoms with Gasteiger partial charge < -0.3 is 5.32 Å². The van der Waals surface area contributed by atoms with E-state index in [1.165, 1.54) is 5.56 Å². The molecule has 0 unspecified atom stereocenters. The van der Waals surface area contributed by atoms with E-state index in [1.807, 2.05) is 73.1 Å². The molecule has 0 aliphatic carbocycles. The van der Waals surface area contributed by atoms with Gasteiger partial charge >= 0.3 is 0 Å². The molecule has 24 heavy (non-hydrogen) atoms. The molecule has 0 atom stereocenters. The lowest BCUT2D eigenvalue weighted by atomic mass is 10.1. The highest BCUT2D eigenvalue weighted by Crippen LogP contribution is 2.23. The van der Waals surface area contributed by atoms with Crippen LogP contribution in [0.1, 0.15) is 34.2 Å². The minimum atomic E-state index is -0.114. The molecule has 4 nitrogen and oxygen atoms in total. The predicted molar refractivity (Wildman–Crippen MR) is 96.8 cm³/mol. The van der Waals surface area contributed by atoms with Crippen LogP contribution < -0.4 is 5.32 Å². The van der Waals surface area contributed by atoms with Gasteiger partial charge in [0.2, 0.25) is 0 Å². The Kier molecular flexibility index (Phi) is 4.47. The average Bonchev–Trinajstić information content (AvgIpc) is 2.90. The van der Waals surface area contributed by atoms with Gasteiger partial charge in [0, 0.05) is 5.56 Å². The number of benzene rings is 2. The van der Waals surface area contributed by atoms with Crippen LogP contribution in [0.3, 0.4) is 0 Å². The zero-order chi connectivity index (χ0) is 17.1. The van der Waals surface area contributed by atoms with Crippen molar-refractivity contribution in [2.45, 2.75) is 27.2 Å². The fourth-order valence-electron chi connectivity index (χ4n) is 2.72. The molecule has 0 aliphatic rings. The number of carbonyl (C=O) groups excluding carboxylic acids is 1. The maximum atomic E-state index is 12.5. The second kappa shape index (κ2) is 6.71. The molecule has 2 aromatic carbocycles. The van der Waals surface area contributed by atoms with Gasteiger partial charge in [-0.1, -0.05) is 37.3 Å². The van der Waals surface area contributed by atoms with Gasteiger partial charge in [-0.2, -0.15) is 5.10 Å². The highest BCUT2D eigenvalue weighted by molar-refractivity contribution is 6.04. The van der Waals surface area contributed by atoms with Crippen LogP contribution in [0.5, 0.6) is 0 Å². The number of para-hydroxylation sites is 1. The van der Waals surface area contributed by atoms with E-state index in [4.69, 9.17) is 0 Å². The first-order chi connectivity index (χ1) is 11.6. The number of nitrogens with zero attached hydrogens (tertiary/aromatic N) is 2. The summed E-state index contributed by atoms with van der Waals surface area (Å²) in [6.45, 7) is 5.96. The van der Waals surface area contributed by atoms with Crippen molar-refractivity contribution in [2.75, 3.05) is 5.32 Å². The van der Waals surface area contributed by atoms with Crippen LogP contribution in [-0.4, -0.2) is 15.7 Å². The van der Waals surface area contributed by atoms with Gasteiger partial charge in [-0.15, -0.1) is 0 Å². The minimum absolute atomic E-state index is 0.114. The lowest BCUT2D eigenvalue weighted by Gasteiger charge is -2.07. The summed E-state index contributed by atoms with van der Waals surface area (Å²) in [7, 11) is 0. The summed E-state index contributed by atoms with van der Waals surface area (Å²) in [5.74, 6) is -0.114. The van der Waals surface area contributed by atoms with Crippen LogP contribution in [0.4, 0.5) is 5.69 Å². The molecule has 1 heterocycles. The summed E-state index contributed by atoms with van der Waals surface area (Å²) in [6.07, 6.45) is 0.962. The fraction of sp³-hybridized carbons (Fsp3) is 0.200. The number of hydrogen-bond acceptors (Lipinski definition) is 2. The number of aryl methyl sites for hydroxylation is 2. The third-order valence-electron chi connectivity index (χ3n) is 4.15. The lowest BCUT2D eigenvalue weighted by molar-refractivity contribution is 0.102. The number of amides is 1. The van der Waals surface area contributed by atoms with Crippen molar-refractivity contribution in [1.82, 2.24) is 9.78 Å². The Labute approximate surface area is 142 Å². The van der Waals surface area contributed by atoms with Gasteiger partial charge in [0.1, 0.15) is 0 Å². The van der Waals surface area contributed by atoms with E-state index >= 15 is 0 Å². The number of hydrogen-bond donors (Lipinski definition) is 1. The van der Waals surface area contributed by atoms with Crippen molar-refractivity contribution < 1.29 is 4.79 Å². The molecule has 1 N–H and O–H groups in total. The van der Waals surface area contributed by atoms with Crippen molar-refractivity contribution in [3.8, 4) is 5.69 Å². The number of rotatable bonds is 4. The normalized spacial score (nSPS) is 10.6. The second-order valence-corrected chi connectivity index (χ2v) is 5.80. The summed E-state index contributed by atoms with van der Waals surface area (Å²) in [5, 5.41) is 7.56. The van der Waals surface area contributed by atoms with Crippen LogP contribution in [0.25, 0.3) is 5.69 Å². The standard InChI is InChI=1S/C20H21N3O/c1-4-16-10-12-17(13-11-16)20(24)21-19-14(2)22-23(15(19)3)18-8-6-5-7-9-18/h5-13H,4H2,1-3H3,(H,21,24). The Bertz CT molecular complexity index is 849. The van der Waals surface area contributed by atoms with Crippen molar-refractivity contribution in [2.24, 2.45) is 0 Å². The molecule has 0 fully saturated rings. The fourth-order valence-corrected chi connectivity index (χ4v) is 2.72. The van der Waals surface area contributed by atoms with Gasteiger partial charge in [0.25, 0.3) is 5.91 Å². The topological polar surface area (TPSA) is 46.9 Å². The zero-order valence-corrected chi connectivity index (χ0v) is 14.2. The largest absolute Gasteiger partial charge is 0.319 e. The zero-order valence-electron chi connectivity index (χ0n) is 14.2. The number of nitrogens with one attached hydrogen (secondary N) is 1. The molecule has 4 heteroatoms. The molecule has 0 saturated heterocycles. The molecular formula is C20H21N3O. The Hall–Kier alpha value is -2.88.